The van der Waals surface area contributed by atoms with E-state index in [9.17, 15) is 0 Å². The van der Waals surface area contributed by atoms with E-state index in [1.54, 1.807) is 6.07 Å². The molecule has 1 aromatic carbocycles. The van der Waals surface area contributed by atoms with Gasteiger partial charge in [-0.25, -0.2) is 0 Å². The van der Waals surface area contributed by atoms with Crippen molar-refractivity contribution >= 4 is 17.3 Å². The summed E-state index contributed by atoms with van der Waals surface area (Å²) in [4.78, 5) is 0. The smallest absolute Gasteiger partial charge is 0.0458 e. The van der Waals surface area contributed by atoms with Crippen molar-refractivity contribution in [2.24, 2.45) is 5.73 Å². The standard InChI is InChI=1S/C9H13ClN2/c10-9-6-8(12)4-3-7(9)2-1-5-11/h3-4,6H,1-2,5,11-12H2. The monoisotopic (exact) mass is 184 g/mol. The highest BCUT2D eigenvalue weighted by molar-refractivity contribution is 6.31. The highest BCUT2D eigenvalue weighted by atomic mass is 35.5. The van der Waals surface area contributed by atoms with E-state index in [1.165, 1.54) is 0 Å². The van der Waals surface area contributed by atoms with Gasteiger partial charge >= 0.3 is 0 Å². The molecule has 0 saturated heterocycles. The zero-order valence-corrected chi connectivity index (χ0v) is 7.64. The number of anilines is 1. The Morgan fingerprint density at radius 3 is 2.67 bits per heavy atom. The van der Waals surface area contributed by atoms with Gasteiger partial charge in [0.15, 0.2) is 0 Å². The molecule has 0 heterocycles. The Labute approximate surface area is 77.5 Å². The van der Waals surface area contributed by atoms with Gasteiger partial charge in [-0.15, -0.1) is 0 Å². The Morgan fingerprint density at radius 2 is 2.08 bits per heavy atom. The maximum Gasteiger partial charge on any atom is 0.0458 e. The van der Waals surface area contributed by atoms with Crippen LogP contribution < -0.4 is 11.5 Å². The van der Waals surface area contributed by atoms with Crippen LogP contribution in [0.2, 0.25) is 5.02 Å². The van der Waals surface area contributed by atoms with Gasteiger partial charge in [0.25, 0.3) is 0 Å². The molecule has 0 bridgehead atoms. The molecule has 0 aromatic heterocycles. The second kappa shape index (κ2) is 4.33. The van der Waals surface area contributed by atoms with Crippen molar-refractivity contribution in [2.75, 3.05) is 12.3 Å². The Balaban J connectivity index is 2.72. The van der Waals surface area contributed by atoms with Gasteiger partial charge in [0.05, 0.1) is 0 Å². The molecule has 3 heteroatoms. The molecule has 0 atom stereocenters. The SMILES string of the molecule is NCCCc1ccc(N)cc1Cl. The van der Waals surface area contributed by atoms with Crippen LogP contribution in [-0.4, -0.2) is 6.54 Å². The van der Waals surface area contributed by atoms with Crippen LogP contribution in [0.4, 0.5) is 5.69 Å². The van der Waals surface area contributed by atoms with Crippen molar-refractivity contribution in [2.45, 2.75) is 12.8 Å². The van der Waals surface area contributed by atoms with Gasteiger partial charge in [-0.2, -0.15) is 0 Å². The Hall–Kier alpha value is -0.730. The minimum Gasteiger partial charge on any atom is -0.399 e. The quantitative estimate of drug-likeness (QED) is 0.705. The minimum atomic E-state index is 0.695. The number of hydrogen-bond donors (Lipinski definition) is 2. The first-order valence-corrected chi connectivity index (χ1v) is 4.36. The molecule has 2 nitrogen and oxygen atoms in total. The molecule has 0 aliphatic carbocycles. The van der Waals surface area contributed by atoms with Crippen molar-refractivity contribution in [1.29, 1.82) is 0 Å². The molecule has 1 aromatic rings. The third-order valence-corrected chi connectivity index (χ3v) is 2.08. The summed E-state index contributed by atoms with van der Waals surface area (Å²) in [7, 11) is 0. The van der Waals surface area contributed by atoms with Crippen LogP contribution in [0.5, 0.6) is 0 Å². The molecule has 0 saturated carbocycles. The molecule has 0 fully saturated rings. The summed E-state index contributed by atoms with van der Waals surface area (Å²) < 4.78 is 0. The summed E-state index contributed by atoms with van der Waals surface area (Å²) in [5.41, 5.74) is 12.8. The van der Waals surface area contributed by atoms with E-state index in [2.05, 4.69) is 0 Å². The first-order valence-electron chi connectivity index (χ1n) is 3.98. The number of benzene rings is 1. The van der Waals surface area contributed by atoms with Gasteiger partial charge in [0.2, 0.25) is 0 Å². The maximum absolute atomic E-state index is 5.94. The minimum absolute atomic E-state index is 0.695. The predicted octanol–water partition coefficient (Wildman–Crippen LogP) is 1.81. The summed E-state index contributed by atoms with van der Waals surface area (Å²) >= 11 is 5.94. The van der Waals surface area contributed by atoms with Crippen molar-refractivity contribution < 1.29 is 0 Å². The first-order chi connectivity index (χ1) is 5.74. The van der Waals surface area contributed by atoms with Crippen LogP contribution in [-0.2, 0) is 6.42 Å². The van der Waals surface area contributed by atoms with Crippen molar-refractivity contribution in [3.63, 3.8) is 0 Å². The van der Waals surface area contributed by atoms with Gasteiger partial charge in [0, 0.05) is 10.7 Å². The lowest BCUT2D eigenvalue weighted by molar-refractivity contribution is 0.833. The van der Waals surface area contributed by atoms with Crippen molar-refractivity contribution in [1.82, 2.24) is 0 Å². The zero-order valence-electron chi connectivity index (χ0n) is 6.89. The lowest BCUT2D eigenvalue weighted by atomic mass is 10.1. The average Bonchev–Trinajstić information content (AvgIpc) is 2.03. The number of nitrogen functional groups attached to an aromatic ring is 1. The van der Waals surface area contributed by atoms with Crippen molar-refractivity contribution in [3.05, 3.63) is 28.8 Å². The molecule has 66 valence electrons. The van der Waals surface area contributed by atoms with Crippen LogP contribution in [0.3, 0.4) is 0 Å². The molecule has 0 aliphatic rings. The van der Waals surface area contributed by atoms with E-state index in [1.807, 2.05) is 12.1 Å². The van der Waals surface area contributed by atoms with Gasteiger partial charge in [-0.3, -0.25) is 0 Å². The summed E-state index contributed by atoms with van der Waals surface area (Å²) in [6.45, 7) is 0.695. The molecule has 0 unspecified atom stereocenters. The summed E-state index contributed by atoms with van der Waals surface area (Å²) in [6.07, 6.45) is 1.89. The van der Waals surface area contributed by atoms with Crippen LogP contribution in [0.15, 0.2) is 18.2 Å². The lowest BCUT2D eigenvalue weighted by Gasteiger charge is -2.03. The fraction of sp³-hybridized carbons (Fsp3) is 0.333. The third-order valence-electron chi connectivity index (χ3n) is 1.73. The van der Waals surface area contributed by atoms with Gasteiger partial charge < -0.3 is 11.5 Å². The molecular formula is C9H13ClN2. The fourth-order valence-corrected chi connectivity index (χ4v) is 1.34. The number of nitrogens with two attached hydrogens (primary N) is 2. The molecule has 0 amide bonds. The highest BCUT2D eigenvalue weighted by Gasteiger charge is 1.99. The summed E-state index contributed by atoms with van der Waals surface area (Å²) in [5, 5.41) is 0.739. The summed E-state index contributed by atoms with van der Waals surface area (Å²) in [6, 6.07) is 5.58. The largest absolute Gasteiger partial charge is 0.399 e. The lowest BCUT2D eigenvalue weighted by Crippen LogP contribution is -2.00. The van der Waals surface area contributed by atoms with Crippen LogP contribution >= 0.6 is 11.6 Å². The highest BCUT2D eigenvalue weighted by Crippen LogP contribution is 2.19. The van der Waals surface area contributed by atoms with E-state index in [4.69, 9.17) is 23.1 Å². The van der Waals surface area contributed by atoms with Crippen LogP contribution in [0.1, 0.15) is 12.0 Å². The predicted molar refractivity (Wildman–Crippen MR) is 53.2 cm³/mol. The van der Waals surface area contributed by atoms with E-state index in [0.29, 0.717) is 12.2 Å². The van der Waals surface area contributed by atoms with E-state index < -0.39 is 0 Å². The number of halogens is 1. The Kier molecular flexibility index (Phi) is 3.38. The molecule has 0 radical (unpaired) electrons. The second-order valence-electron chi connectivity index (χ2n) is 2.74. The van der Waals surface area contributed by atoms with E-state index in [0.717, 1.165) is 23.4 Å². The number of rotatable bonds is 3. The topological polar surface area (TPSA) is 52.0 Å². The maximum atomic E-state index is 5.94. The Morgan fingerprint density at radius 1 is 1.33 bits per heavy atom. The second-order valence-corrected chi connectivity index (χ2v) is 3.15. The zero-order chi connectivity index (χ0) is 8.97. The van der Waals surface area contributed by atoms with E-state index >= 15 is 0 Å². The Bertz CT molecular complexity index is 261. The van der Waals surface area contributed by atoms with Gasteiger partial charge in [-0.1, -0.05) is 17.7 Å². The normalized spacial score (nSPS) is 10.2. The van der Waals surface area contributed by atoms with E-state index in [-0.39, 0.29) is 0 Å². The van der Waals surface area contributed by atoms with Crippen LogP contribution in [0.25, 0.3) is 0 Å². The molecule has 12 heavy (non-hydrogen) atoms. The number of aryl methyl sites for hydroxylation is 1. The van der Waals surface area contributed by atoms with Gasteiger partial charge in [-0.05, 0) is 37.1 Å². The average molecular weight is 185 g/mol. The molecular weight excluding hydrogens is 172 g/mol. The fourth-order valence-electron chi connectivity index (χ4n) is 1.06. The molecule has 4 N–H and O–H groups in total. The third kappa shape index (κ3) is 2.40. The summed E-state index contributed by atoms with van der Waals surface area (Å²) in [5.74, 6) is 0. The molecule has 0 spiro atoms. The van der Waals surface area contributed by atoms with Crippen molar-refractivity contribution in [3.8, 4) is 0 Å². The molecule has 0 aliphatic heterocycles. The first kappa shape index (κ1) is 9.36. The number of hydrogen-bond acceptors (Lipinski definition) is 2. The molecule has 1 rings (SSSR count). The van der Waals surface area contributed by atoms with Crippen LogP contribution in [0, 0.1) is 0 Å². The van der Waals surface area contributed by atoms with Gasteiger partial charge in [0.1, 0.15) is 0 Å².